The first-order valence-corrected chi connectivity index (χ1v) is 4.38. The number of benzene rings is 1. The molecular weight excluding hydrogens is 178 g/mol. The molecule has 14 heavy (non-hydrogen) atoms. The third-order valence-electron chi connectivity index (χ3n) is 2.03. The zero-order valence-corrected chi connectivity index (χ0v) is 7.81. The van der Waals surface area contributed by atoms with Crippen molar-refractivity contribution in [2.75, 3.05) is 0 Å². The zero-order chi connectivity index (χ0) is 10.4. The zero-order valence-electron chi connectivity index (χ0n) is 7.81. The summed E-state index contributed by atoms with van der Waals surface area (Å²) in [7, 11) is 0. The second-order valence-corrected chi connectivity index (χ2v) is 3.01. The molecule has 1 rings (SSSR count). The molecule has 74 valence electrons. The van der Waals surface area contributed by atoms with Crippen LogP contribution in [0.3, 0.4) is 0 Å². The largest absolute Gasteiger partial charge is 0.289 e. The molecule has 3 nitrogen and oxygen atoms in total. The number of hydrogen-bond donors (Lipinski definition) is 2. The van der Waals surface area contributed by atoms with Crippen molar-refractivity contribution in [3.05, 3.63) is 48.6 Å². The first-order valence-electron chi connectivity index (χ1n) is 4.38. The van der Waals surface area contributed by atoms with E-state index < -0.39 is 5.91 Å². The van der Waals surface area contributed by atoms with Crippen LogP contribution in [0.15, 0.2) is 43.0 Å². The van der Waals surface area contributed by atoms with Crippen LogP contribution in [0, 0.1) is 5.92 Å². The minimum atomic E-state index is -0.427. The summed E-state index contributed by atoms with van der Waals surface area (Å²) in [5.41, 5.74) is 2.67. The predicted molar refractivity (Wildman–Crippen MR) is 53.8 cm³/mol. The number of hydroxylamine groups is 1. The second-order valence-electron chi connectivity index (χ2n) is 3.01. The van der Waals surface area contributed by atoms with Crippen LogP contribution in [0.25, 0.3) is 0 Å². The van der Waals surface area contributed by atoms with Crippen molar-refractivity contribution in [1.82, 2.24) is 5.48 Å². The summed E-state index contributed by atoms with van der Waals surface area (Å²) in [5.74, 6) is -0.814. The van der Waals surface area contributed by atoms with Gasteiger partial charge in [0.05, 0.1) is 5.92 Å². The second kappa shape index (κ2) is 5.19. The lowest BCUT2D eigenvalue weighted by Gasteiger charge is -2.09. The van der Waals surface area contributed by atoms with Gasteiger partial charge in [-0.1, -0.05) is 36.4 Å². The number of hydrogen-bond acceptors (Lipinski definition) is 2. The third kappa shape index (κ3) is 2.71. The molecule has 0 aliphatic rings. The van der Waals surface area contributed by atoms with E-state index >= 15 is 0 Å². The molecule has 2 N–H and O–H groups in total. The minimum Gasteiger partial charge on any atom is -0.289 e. The molecule has 0 saturated carbocycles. The highest BCUT2D eigenvalue weighted by atomic mass is 16.5. The lowest BCUT2D eigenvalue weighted by molar-refractivity contribution is -0.131. The van der Waals surface area contributed by atoms with E-state index in [1.165, 1.54) is 6.08 Å². The number of nitrogens with one attached hydrogen (secondary N) is 1. The monoisotopic (exact) mass is 191 g/mol. The Morgan fingerprint density at radius 1 is 1.50 bits per heavy atom. The summed E-state index contributed by atoms with van der Waals surface area (Å²) in [6, 6.07) is 9.60. The average Bonchev–Trinajstić information content (AvgIpc) is 2.26. The normalized spacial score (nSPS) is 11.8. The maximum atomic E-state index is 11.1. The molecule has 0 fully saturated rings. The van der Waals surface area contributed by atoms with Gasteiger partial charge in [-0.25, -0.2) is 5.48 Å². The number of rotatable bonds is 4. The Hall–Kier alpha value is -1.61. The van der Waals surface area contributed by atoms with E-state index in [0.717, 1.165) is 5.56 Å². The molecule has 0 aliphatic carbocycles. The van der Waals surface area contributed by atoms with E-state index in [0.29, 0.717) is 6.42 Å². The first kappa shape index (κ1) is 10.5. The number of carbonyl (C=O) groups is 1. The quantitative estimate of drug-likeness (QED) is 0.431. The lowest BCUT2D eigenvalue weighted by Crippen LogP contribution is -2.27. The Morgan fingerprint density at radius 2 is 2.14 bits per heavy atom. The van der Waals surface area contributed by atoms with Crippen LogP contribution in [0.4, 0.5) is 0 Å². The van der Waals surface area contributed by atoms with Crippen LogP contribution in [0.1, 0.15) is 5.56 Å². The molecule has 1 aromatic rings. The highest BCUT2D eigenvalue weighted by Crippen LogP contribution is 2.09. The predicted octanol–water partition coefficient (Wildman–Crippen LogP) is 1.54. The van der Waals surface area contributed by atoms with Crippen LogP contribution < -0.4 is 5.48 Å². The highest BCUT2D eigenvalue weighted by molar-refractivity contribution is 5.79. The van der Waals surface area contributed by atoms with Crippen LogP contribution in [0.2, 0.25) is 0 Å². The van der Waals surface area contributed by atoms with Gasteiger partial charge in [0.15, 0.2) is 0 Å². The van der Waals surface area contributed by atoms with Crippen molar-refractivity contribution < 1.29 is 10.0 Å². The molecule has 0 aromatic heterocycles. The molecule has 0 spiro atoms. The van der Waals surface area contributed by atoms with E-state index in [1.54, 1.807) is 5.48 Å². The highest BCUT2D eigenvalue weighted by Gasteiger charge is 2.13. The van der Waals surface area contributed by atoms with Gasteiger partial charge >= 0.3 is 0 Å². The molecule has 0 saturated heterocycles. The van der Waals surface area contributed by atoms with Crippen molar-refractivity contribution in [2.24, 2.45) is 5.92 Å². The van der Waals surface area contributed by atoms with Crippen molar-refractivity contribution >= 4 is 5.91 Å². The SMILES string of the molecule is C=CC(Cc1ccccc1)C(=O)NO. The molecule has 0 aliphatic heterocycles. The molecule has 3 heteroatoms. The molecule has 1 aromatic carbocycles. The van der Waals surface area contributed by atoms with Gasteiger partial charge in [0, 0.05) is 0 Å². The molecule has 1 atom stereocenters. The molecule has 1 unspecified atom stereocenters. The summed E-state index contributed by atoms with van der Waals surface area (Å²) in [4.78, 5) is 11.1. The molecule has 0 bridgehead atoms. The van der Waals surface area contributed by atoms with E-state index in [9.17, 15) is 4.79 Å². The van der Waals surface area contributed by atoms with Gasteiger partial charge in [0.2, 0.25) is 0 Å². The minimum absolute atomic E-state index is 0.387. The first-order chi connectivity index (χ1) is 6.77. The third-order valence-corrected chi connectivity index (χ3v) is 2.03. The Bertz CT molecular complexity index is 308. The Morgan fingerprint density at radius 3 is 2.64 bits per heavy atom. The van der Waals surface area contributed by atoms with Crippen molar-refractivity contribution in [2.45, 2.75) is 6.42 Å². The van der Waals surface area contributed by atoms with Gasteiger partial charge in [-0.05, 0) is 12.0 Å². The van der Waals surface area contributed by atoms with Gasteiger partial charge in [-0.2, -0.15) is 0 Å². The van der Waals surface area contributed by atoms with E-state index in [1.807, 2.05) is 30.3 Å². The van der Waals surface area contributed by atoms with Crippen LogP contribution in [-0.4, -0.2) is 11.1 Å². The maximum absolute atomic E-state index is 11.1. The Kier molecular flexibility index (Phi) is 3.88. The topological polar surface area (TPSA) is 49.3 Å². The number of carbonyl (C=O) groups excluding carboxylic acids is 1. The van der Waals surface area contributed by atoms with E-state index in [2.05, 4.69) is 6.58 Å². The summed E-state index contributed by atoms with van der Waals surface area (Å²) in [5, 5.41) is 8.47. The van der Waals surface area contributed by atoms with E-state index in [4.69, 9.17) is 5.21 Å². The fourth-order valence-electron chi connectivity index (χ4n) is 1.23. The van der Waals surface area contributed by atoms with Crippen LogP contribution >= 0.6 is 0 Å². The fourth-order valence-corrected chi connectivity index (χ4v) is 1.23. The summed E-state index contributed by atoms with van der Waals surface area (Å²) in [6.45, 7) is 3.55. The van der Waals surface area contributed by atoms with Gasteiger partial charge in [0.1, 0.15) is 0 Å². The van der Waals surface area contributed by atoms with Crippen molar-refractivity contribution in [3.8, 4) is 0 Å². The Balaban J connectivity index is 2.66. The smallest absolute Gasteiger partial charge is 0.250 e. The van der Waals surface area contributed by atoms with Crippen molar-refractivity contribution in [3.63, 3.8) is 0 Å². The standard InChI is InChI=1S/C11H13NO2/c1-2-10(11(13)12-14)8-9-6-4-3-5-7-9/h2-7,10,14H,1,8H2,(H,12,13). The molecular formula is C11H13NO2. The van der Waals surface area contributed by atoms with Crippen LogP contribution in [-0.2, 0) is 11.2 Å². The average molecular weight is 191 g/mol. The molecule has 0 radical (unpaired) electrons. The Labute approximate surface area is 83.0 Å². The molecule has 0 heterocycles. The summed E-state index contributed by atoms with van der Waals surface area (Å²) >= 11 is 0. The number of amides is 1. The van der Waals surface area contributed by atoms with Crippen molar-refractivity contribution in [1.29, 1.82) is 0 Å². The van der Waals surface area contributed by atoms with Gasteiger partial charge in [-0.15, -0.1) is 6.58 Å². The van der Waals surface area contributed by atoms with Gasteiger partial charge in [0.25, 0.3) is 5.91 Å². The van der Waals surface area contributed by atoms with Gasteiger partial charge in [-0.3, -0.25) is 10.0 Å². The van der Waals surface area contributed by atoms with Crippen LogP contribution in [0.5, 0.6) is 0 Å². The molecule has 1 amide bonds. The van der Waals surface area contributed by atoms with Gasteiger partial charge < -0.3 is 0 Å². The lowest BCUT2D eigenvalue weighted by atomic mass is 9.99. The maximum Gasteiger partial charge on any atom is 0.250 e. The fraction of sp³-hybridized carbons (Fsp3) is 0.182. The van der Waals surface area contributed by atoms with E-state index in [-0.39, 0.29) is 5.92 Å². The summed E-state index contributed by atoms with van der Waals surface area (Å²) < 4.78 is 0. The summed E-state index contributed by atoms with van der Waals surface area (Å²) in [6.07, 6.45) is 2.08.